The lowest BCUT2D eigenvalue weighted by Gasteiger charge is -2.00. The molecule has 134 valence electrons. The van der Waals surface area contributed by atoms with Gasteiger partial charge < -0.3 is 15.0 Å². The number of aromatic carboxylic acids is 1. The van der Waals surface area contributed by atoms with Crippen LogP contribution in [0.5, 0.6) is 0 Å². The minimum Gasteiger partial charge on any atom is -0.478 e. The molecule has 0 spiro atoms. The number of amidine groups is 1. The van der Waals surface area contributed by atoms with Gasteiger partial charge in [-0.1, -0.05) is 24.3 Å². The highest BCUT2D eigenvalue weighted by Crippen LogP contribution is 2.29. The van der Waals surface area contributed by atoms with E-state index in [1.165, 1.54) is 6.07 Å². The molecule has 1 aliphatic heterocycles. The van der Waals surface area contributed by atoms with E-state index in [1.807, 2.05) is 35.9 Å². The van der Waals surface area contributed by atoms with E-state index < -0.39 is 5.97 Å². The molecule has 0 radical (unpaired) electrons. The molecule has 3 aromatic rings. The third-order valence-electron chi connectivity index (χ3n) is 4.09. The number of aromatic nitrogens is 2. The molecule has 0 atom stereocenters. The summed E-state index contributed by atoms with van der Waals surface area (Å²) in [5.41, 5.74) is 2.18. The van der Waals surface area contributed by atoms with E-state index in [9.17, 15) is 14.7 Å². The van der Waals surface area contributed by atoms with Gasteiger partial charge in [-0.2, -0.15) is 0 Å². The first-order valence-corrected chi connectivity index (χ1v) is 8.88. The molecular weight excluding hydrogens is 364 g/mol. The molecule has 1 saturated heterocycles. The number of aliphatic imine (C=N–C) groups is 1. The molecule has 2 heterocycles. The van der Waals surface area contributed by atoms with Gasteiger partial charge in [0.05, 0.1) is 27.2 Å². The monoisotopic (exact) mass is 378 g/mol. The summed E-state index contributed by atoms with van der Waals surface area (Å²) in [6.45, 7) is 0. The predicted molar refractivity (Wildman–Crippen MR) is 105 cm³/mol. The molecule has 4 rings (SSSR count). The lowest BCUT2D eigenvalue weighted by atomic mass is 10.2. The molecule has 0 aliphatic carbocycles. The fourth-order valence-electron chi connectivity index (χ4n) is 2.75. The second-order valence-electron chi connectivity index (χ2n) is 5.82. The van der Waals surface area contributed by atoms with E-state index in [1.54, 1.807) is 24.3 Å². The van der Waals surface area contributed by atoms with E-state index in [4.69, 9.17) is 0 Å². The summed E-state index contributed by atoms with van der Waals surface area (Å²) in [6.07, 6.45) is 1.70. The number of hydrogen-bond acceptors (Lipinski definition) is 5. The van der Waals surface area contributed by atoms with E-state index in [0.29, 0.717) is 15.9 Å². The molecule has 0 saturated carbocycles. The number of carbonyl (C=O) groups is 2. The highest BCUT2D eigenvalue weighted by atomic mass is 32.2. The van der Waals surface area contributed by atoms with Gasteiger partial charge in [-0.05, 0) is 36.0 Å². The molecule has 1 amide bonds. The Labute approximate surface area is 158 Å². The highest BCUT2D eigenvalue weighted by Gasteiger charge is 2.25. The lowest BCUT2D eigenvalue weighted by Crippen LogP contribution is -2.19. The van der Waals surface area contributed by atoms with Crippen molar-refractivity contribution >= 4 is 51.6 Å². The average molecular weight is 378 g/mol. The van der Waals surface area contributed by atoms with Crippen molar-refractivity contribution in [3.8, 4) is 0 Å². The van der Waals surface area contributed by atoms with Gasteiger partial charge in [-0.15, -0.1) is 0 Å². The number of nitrogens with one attached hydrogen (secondary N) is 1. The number of carboxylic acid groups (broad SMARTS) is 1. The molecule has 7 nitrogen and oxygen atoms in total. The lowest BCUT2D eigenvalue weighted by molar-refractivity contribution is -0.115. The van der Waals surface area contributed by atoms with Gasteiger partial charge in [0.25, 0.3) is 5.91 Å². The van der Waals surface area contributed by atoms with E-state index in [0.717, 1.165) is 22.8 Å². The van der Waals surface area contributed by atoms with Crippen LogP contribution in [0.2, 0.25) is 0 Å². The van der Waals surface area contributed by atoms with Crippen LogP contribution in [-0.4, -0.2) is 31.7 Å². The Bertz CT molecular complexity index is 1150. The number of benzene rings is 2. The number of imidazole rings is 1. The van der Waals surface area contributed by atoms with Crippen LogP contribution in [0.15, 0.2) is 58.4 Å². The Kier molecular flexibility index (Phi) is 4.25. The van der Waals surface area contributed by atoms with Crippen molar-refractivity contribution in [2.24, 2.45) is 12.0 Å². The van der Waals surface area contributed by atoms with Crippen LogP contribution in [0.25, 0.3) is 17.1 Å². The normalized spacial score (nSPS) is 17.0. The number of carbonyl (C=O) groups excluding carboxylic acids is 1. The van der Waals surface area contributed by atoms with Crippen LogP contribution in [0.4, 0.5) is 5.69 Å². The molecule has 2 aromatic carbocycles. The zero-order valence-electron chi connectivity index (χ0n) is 14.2. The van der Waals surface area contributed by atoms with Gasteiger partial charge in [-0.3, -0.25) is 4.79 Å². The number of thioether (sulfide) groups is 1. The van der Waals surface area contributed by atoms with Crippen molar-refractivity contribution in [2.45, 2.75) is 0 Å². The van der Waals surface area contributed by atoms with E-state index in [2.05, 4.69) is 15.3 Å². The summed E-state index contributed by atoms with van der Waals surface area (Å²) in [4.78, 5) is 32.9. The SMILES string of the molecule is Cn1c(/C=C2/SC(=Nc3ccccc3C(=O)O)NC2=O)nc2ccccc21. The fraction of sp³-hybridized carbons (Fsp3) is 0.0526. The van der Waals surface area contributed by atoms with Gasteiger partial charge in [0, 0.05) is 13.1 Å². The third kappa shape index (κ3) is 3.22. The second kappa shape index (κ2) is 6.73. The van der Waals surface area contributed by atoms with Crippen LogP contribution in [0, 0.1) is 0 Å². The van der Waals surface area contributed by atoms with Crippen molar-refractivity contribution < 1.29 is 14.7 Å². The van der Waals surface area contributed by atoms with Gasteiger partial charge in [-0.25, -0.2) is 14.8 Å². The first-order valence-electron chi connectivity index (χ1n) is 8.06. The minimum absolute atomic E-state index is 0.0765. The third-order valence-corrected chi connectivity index (χ3v) is 5.00. The van der Waals surface area contributed by atoms with Gasteiger partial charge in [0.15, 0.2) is 5.17 Å². The number of carboxylic acids is 1. The van der Waals surface area contributed by atoms with Gasteiger partial charge in [0.2, 0.25) is 0 Å². The Morgan fingerprint density at radius 2 is 1.96 bits per heavy atom. The molecule has 27 heavy (non-hydrogen) atoms. The van der Waals surface area contributed by atoms with Crippen molar-refractivity contribution in [1.82, 2.24) is 14.9 Å². The molecule has 2 N–H and O–H groups in total. The van der Waals surface area contributed by atoms with E-state index >= 15 is 0 Å². The largest absolute Gasteiger partial charge is 0.478 e. The molecule has 1 aromatic heterocycles. The zero-order chi connectivity index (χ0) is 19.0. The summed E-state index contributed by atoms with van der Waals surface area (Å²) in [7, 11) is 1.89. The number of aryl methyl sites for hydroxylation is 1. The first-order chi connectivity index (χ1) is 13.0. The van der Waals surface area contributed by atoms with Crippen LogP contribution >= 0.6 is 11.8 Å². The zero-order valence-corrected chi connectivity index (χ0v) is 15.0. The van der Waals surface area contributed by atoms with Crippen LogP contribution < -0.4 is 5.32 Å². The molecular formula is C19H14N4O3S. The number of amides is 1. The summed E-state index contributed by atoms with van der Waals surface area (Å²) in [5.74, 6) is -0.709. The predicted octanol–water partition coefficient (Wildman–Crippen LogP) is 3.16. The fourth-order valence-corrected chi connectivity index (χ4v) is 3.56. The highest BCUT2D eigenvalue weighted by molar-refractivity contribution is 8.18. The Morgan fingerprint density at radius 1 is 1.22 bits per heavy atom. The van der Waals surface area contributed by atoms with E-state index in [-0.39, 0.29) is 17.2 Å². The molecule has 8 heteroatoms. The molecule has 0 bridgehead atoms. The van der Waals surface area contributed by atoms with Crippen molar-refractivity contribution in [3.05, 3.63) is 64.8 Å². The van der Waals surface area contributed by atoms with Gasteiger partial charge >= 0.3 is 5.97 Å². The van der Waals surface area contributed by atoms with Gasteiger partial charge in [0.1, 0.15) is 5.82 Å². The molecule has 0 unspecified atom stereocenters. The Balaban J connectivity index is 1.67. The second-order valence-corrected chi connectivity index (χ2v) is 6.85. The number of rotatable bonds is 3. The van der Waals surface area contributed by atoms with Crippen LogP contribution in [0.3, 0.4) is 0 Å². The molecule has 1 aliphatic rings. The maximum Gasteiger partial charge on any atom is 0.337 e. The van der Waals surface area contributed by atoms with Crippen LogP contribution in [-0.2, 0) is 11.8 Å². The van der Waals surface area contributed by atoms with Crippen LogP contribution in [0.1, 0.15) is 16.2 Å². The topological polar surface area (TPSA) is 96.6 Å². The van der Waals surface area contributed by atoms with Crippen molar-refractivity contribution in [2.75, 3.05) is 0 Å². The average Bonchev–Trinajstić information content (AvgIpc) is 3.16. The van der Waals surface area contributed by atoms with Crippen molar-refractivity contribution in [1.29, 1.82) is 0 Å². The number of hydrogen-bond donors (Lipinski definition) is 2. The first kappa shape index (κ1) is 17.0. The smallest absolute Gasteiger partial charge is 0.337 e. The maximum atomic E-state index is 12.3. The summed E-state index contributed by atoms with van der Waals surface area (Å²) >= 11 is 1.15. The summed E-state index contributed by atoms with van der Waals surface area (Å²) < 4.78 is 1.91. The number of nitrogens with zero attached hydrogens (tertiary/aromatic N) is 3. The quantitative estimate of drug-likeness (QED) is 0.683. The Morgan fingerprint density at radius 3 is 2.74 bits per heavy atom. The summed E-state index contributed by atoms with van der Waals surface area (Å²) in [5, 5.41) is 12.3. The number of fused-ring (bicyclic) bond motifs is 1. The minimum atomic E-state index is -1.07. The summed E-state index contributed by atoms with van der Waals surface area (Å²) in [6, 6.07) is 14.1. The van der Waals surface area contributed by atoms with Crippen molar-refractivity contribution in [3.63, 3.8) is 0 Å². The molecule has 1 fully saturated rings. The standard InChI is InChI=1S/C19H14N4O3S/c1-23-14-9-5-4-8-13(14)20-16(23)10-15-17(24)22-19(27-15)21-12-7-3-2-6-11(12)18(25)26/h2-10H,1H3,(H,25,26)(H,21,22,24)/b15-10+. The maximum absolute atomic E-state index is 12.3. The number of para-hydroxylation sites is 3. The Hall–Kier alpha value is -3.39.